The average Bonchev–Trinajstić information content (AvgIpc) is 3.18. The second-order valence-corrected chi connectivity index (χ2v) is 9.11. The number of benzene rings is 2. The van der Waals surface area contributed by atoms with Gasteiger partial charge in [-0.05, 0) is 81.6 Å². The molecule has 7 heteroatoms. The minimum atomic E-state index is -0.800. The van der Waals surface area contributed by atoms with E-state index in [0.29, 0.717) is 5.92 Å². The summed E-state index contributed by atoms with van der Waals surface area (Å²) in [5.74, 6) is 0.269. The Balaban J connectivity index is 1.31. The second-order valence-electron chi connectivity index (χ2n) is 9.11. The molecule has 3 aliphatic heterocycles. The lowest BCUT2D eigenvalue weighted by atomic mass is 9.84. The first-order valence-electron chi connectivity index (χ1n) is 10.9. The molecule has 0 radical (unpaired) electrons. The summed E-state index contributed by atoms with van der Waals surface area (Å²) < 4.78 is 20.8. The highest BCUT2D eigenvalue weighted by Gasteiger charge is 2.36. The molecule has 3 aliphatic rings. The molecule has 0 spiro atoms. The van der Waals surface area contributed by atoms with Crippen LogP contribution >= 0.6 is 0 Å². The van der Waals surface area contributed by atoms with Crippen molar-refractivity contribution in [2.75, 3.05) is 19.6 Å². The van der Waals surface area contributed by atoms with Crippen molar-refractivity contribution in [2.24, 2.45) is 5.92 Å². The monoisotopic (exact) mass is 422 g/mol. The number of halogens is 1. The number of aromatic nitrogens is 2. The fourth-order valence-corrected chi connectivity index (χ4v) is 4.72. The van der Waals surface area contributed by atoms with Gasteiger partial charge in [0, 0.05) is 24.2 Å². The first-order chi connectivity index (χ1) is 14.9. The summed E-state index contributed by atoms with van der Waals surface area (Å²) in [5.41, 5.74) is 1.64. The van der Waals surface area contributed by atoms with Crippen LogP contribution in [0.5, 0.6) is 0 Å². The van der Waals surface area contributed by atoms with Gasteiger partial charge in [0.15, 0.2) is 0 Å². The molecule has 2 aromatic carbocycles. The van der Waals surface area contributed by atoms with Crippen molar-refractivity contribution in [3.63, 3.8) is 0 Å². The second kappa shape index (κ2) is 7.64. The van der Waals surface area contributed by atoms with E-state index in [2.05, 4.69) is 15.3 Å². The van der Waals surface area contributed by atoms with Crippen molar-refractivity contribution < 1.29 is 13.9 Å². The fourth-order valence-electron chi connectivity index (χ4n) is 4.72. The summed E-state index contributed by atoms with van der Waals surface area (Å²) in [6.45, 7) is 6.96. The van der Waals surface area contributed by atoms with Crippen LogP contribution in [0.25, 0.3) is 16.6 Å². The van der Waals surface area contributed by atoms with Gasteiger partial charge in [0.25, 0.3) is 0 Å². The first-order valence-corrected chi connectivity index (χ1v) is 10.9. The molecule has 6 rings (SSSR count). The van der Waals surface area contributed by atoms with Crippen molar-refractivity contribution >= 4 is 17.0 Å². The summed E-state index contributed by atoms with van der Waals surface area (Å²) in [6.07, 6.45) is 3.81. The minimum absolute atomic E-state index is 0.166. The molecule has 0 saturated carbocycles. The van der Waals surface area contributed by atoms with E-state index in [1.54, 1.807) is 16.8 Å². The molecular weight excluding hydrogens is 395 g/mol. The lowest BCUT2D eigenvalue weighted by Gasteiger charge is -2.44. The topological polar surface area (TPSA) is 59.4 Å². The zero-order valence-corrected chi connectivity index (χ0v) is 17.8. The zero-order valence-electron chi connectivity index (χ0n) is 17.8. The number of nitrogens with one attached hydrogen (secondary N) is 1. The van der Waals surface area contributed by atoms with Gasteiger partial charge < -0.3 is 15.0 Å². The quantitative estimate of drug-likeness (QED) is 0.684. The van der Waals surface area contributed by atoms with Gasteiger partial charge in [-0.1, -0.05) is 12.1 Å². The maximum absolute atomic E-state index is 13.2. The normalized spacial score (nSPS) is 23.1. The molecule has 3 aromatic rings. The fraction of sp³-hybridized carbons (Fsp3) is 0.417. The Hall–Kier alpha value is -2.93. The lowest BCUT2D eigenvalue weighted by Crippen LogP contribution is -2.57. The Morgan fingerprint density at radius 3 is 2.58 bits per heavy atom. The van der Waals surface area contributed by atoms with E-state index >= 15 is 0 Å². The van der Waals surface area contributed by atoms with Gasteiger partial charge >= 0.3 is 6.09 Å². The molecular formula is C24H27FN4O2. The van der Waals surface area contributed by atoms with Crippen LogP contribution in [0, 0.1) is 11.7 Å². The van der Waals surface area contributed by atoms with E-state index in [-0.39, 0.29) is 18.0 Å². The molecule has 0 aliphatic carbocycles. The van der Waals surface area contributed by atoms with Gasteiger partial charge in [0.05, 0.1) is 11.2 Å². The Morgan fingerprint density at radius 1 is 1.16 bits per heavy atom. The molecule has 1 atom stereocenters. The third kappa shape index (κ3) is 4.02. The number of alkyl carbamates (subject to hydrolysis) is 1. The van der Waals surface area contributed by atoms with Gasteiger partial charge in [-0.3, -0.25) is 0 Å². The Bertz CT molecular complexity index is 1100. The number of carbonyl (C=O) groups is 1. The van der Waals surface area contributed by atoms with E-state index in [9.17, 15) is 9.18 Å². The molecule has 31 heavy (non-hydrogen) atoms. The number of fused-ring (bicyclic) bond motifs is 4. The third-order valence-electron chi connectivity index (χ3n) is 6.60. The number of amides is 1. The van der Waals surface area contributed by atoms with E-state index in [1.165, 1.54) is 12.1 Å². The average molecular weight is 423 g/mol. The molecule has 4 heterocycles. The van der Waals surface area contributed by atoms with Crippen LogP contribution < -0.4 is 5.32 Å². The molecule has 162 valence electrons. The Morgan fingerprint density at radius 2 is 1.90 bits per heavy atom. The van der Waals surface area contributed by atoms with Gasteiger partial charge in [0.2, 0.25) is 0 Å². The van der Waals surface area contributed by atoms with Crippen molar-refractivity contribution in [3.8, 4) is 5.69 Å². The standard InChI is InChI=1S/C24H27FN4O2/c1-24(2,31-23(30)26-22-15-28-11-9-16(22)10-12-28)18-4-3-17-14-29(27-21(17)13-18)20-7-5-19(25)6-8-20/h3-8,13-14,16,22H,9-12,15H2,1-2H3,(H,26,30). The van der Waals surface area contributed by atoms with Crippen LogP contribution in [0.2, 0.25) is 0 Å². The van der Waals surface area contributed by atoms with Gasteiger partial charge in [0.1, 0.15) is 11.4 Å². The largest absolute Gasteiger partial charge is 0.439 e. The molecule has 2 bridgehead atoms. The van der Waals surface area contributed by atoms with Crippen LogP contribution in [-0.4, -0.2) is 46.4 Å². The molecule has 1 unspecified atom stereocenters. The number of carbonyl (C=O) groups excluding carboxylic acids is 1. The summed E-state index contributed by atoms with van der Waals surface area (Å²) >= 11 is 0. The van der Waals surface area contributed by atoms with Crippen LogP contribution in [0.4, 0.5) is 9.18 Å². The maximum Gasteiger partial charge on any atom is 0.408 e. The molecule has 1 N–H and O–H groups in total. The van der Waals surface area contributed by atoms with Crippen molar-refractivity contribution in [1.82, 2.24) is 20.0 Å². The predicted molar refractivity (Wildman–Crippen MR) is 117 cm³/mol. The van der Waals surface area contributed by atoms with Crippen molar-refractivity contribution in [1.29, 1.82) is 0 Å². The van der Waals surface area contributed by atoms with E-state index in [4.69, 9.17) is 4.74 Å². The maximum atomic E-state index is 13.2. The van der Waals surface area contributed by atoms with Gasteiger partial charge in [-0.25, -0.2) is 13.9 Å². The summed E-state index contributed by atoms with van der Waals surface area (Å²) in [4.78, 5) is 15.1. The van der Waals surface area contributed by atoms with Crippen molar-refractivity contribution in [3.05, 3.63) is 60.0 Å². The highest BCUT2D eigenvalue weighted by molar-refractivity contribution is 5.79. The summed E-state index contributed by atoms with van der Waals surface area (Å²) in [7, 11) is 0. The Labute approximate surface area is 181 Å². The number of hydrogen-bond acceptors (Lipinski definition) is 4. The highest BCUT2D eigenvalue weighted by Crippen LogP contribution is 2.30. The molecule has 6 nitrogen and oxygen atoms in total. The summed E-state index contributed by atoms with van der Waals surface area (Å²) in [6, 6.07) is 12.2. The smallest absolute Gasteiger partial charge is 0.408 e. The van der Waals surface area contributed by atoms with E-state index < -0.39 is 5.60 Å². The Kier molecular flexibility index (Phi) is 4.93. The van der Waals surface area contributed by atoms with Crippen LogP contribution in [0.15, 0.2) is 48.7 Å². The van der Waals surface area contributed by atoms with E-state index in [1.807, 2.05) is 38.2 Å². The van der Waals surface area contributed by atoms with Crippen molar-refractivity contribution in [2.45, 2.75) is 38.3 Å². The highest BCUT2D eigenvalue weighted by atomic mass is 19.1. The van der Waals surface area contributed by atoms with Crippen LogP contribution in [0.3, 0.4) is 0 Å². The third-order valence-corrected chi connectivity index (χ3v) is 6.60. The summed E-state index contributed by atoms with van der Waals surface area (Å²) in [5, 5.41) is 8.67. The number of hydrogen-bond donors (Lipinski definition) is 1. The lowest BCUT2D eigenvalue weighted by molar-refractivity contribution is 0.0205. The van der Waals surface area contributed by atoms with Gasteiger partial charge in [-0.15, -0.1) is 0 Å². The zero-order chi connectivity index (χ0) is 21.6. The number of rotatable bonds is 4. The van der Waals surface area contributed by atoms with Crippen LogP contribution in [-0.2, 0) is 10.3 Å². The predicted octanol–water partition coefficient (Wildman–Crippen LogP) is 4.22. The molecule has 1 amide bonds. The molecule has 3 saturated heterocycles. The molecule has 3 fully saturated rings. The number of ether oxygens (including phenoxy) is 1. The number of piperidine rings is 3. The SMILES string of the molecule is CC(C)(OC(=O)NC1CN2CCC1CC2)c1ccc2cn(-c3ccc(F)cc3)nc2c1. The van der Waals surface area contributed by atoms with Gasteiger partial charge in [-0.2, -0.15) is 5.10 Å². The number of nitrogens with zero attached hydrogens (tertiary/aromatic N) is 3. The molecule has 1 aromatic heterocycles. The first kappa shape index (κ1) is 20.0. The van der Waals surface area contributed by atoms with E-state index in [0.717, 1.165) is 54.6 Å². The minimum Gasteiger partial charge on any atom is -0.439 e. The van der Waals surface area contributed by atoms with Crippen LogP contribution in [0.1, 0.15) is 32.3 Å².